The van der Waals surface area contributed by atoms with Crippen molar-refractivity contribution in [1.82, 2.24) is 10.2 Å². The van der Waals surface area contributed by atoms with E-state index in [1.165, 1.54) is 7.11 Å². The van der Waals surface area contributed by atoms with Crippen molar-refractivity contribution in [3.05, 3.63) is 0 Å². The Labute approximate surface area is 115 Å². The van der Waals surface area contributed by atoms with E-state index in [9.17, 15) is 9.59 Å². The van der Waals surface area contributed by atoms with Crippen molar-refractivity contribution in [1.29, 1.82) is 0 Å². The SMILES string of the molecule is CCCCC(C(=O)OC)N1CCC(C)(C(=O)NC)C1. The lowest BCUT2D eigenvalue weighted by molar-refractivity contribution is -0.147. The highest BCUT2D eigenvalue weighted by atomic mass is 16.5. The highest BCUT2D eigenvalue weighted by molar-refractivity contribution is 5.83. The summed E-state index contributed by atoms with van der Waals surface area (Å²) in [5.41, 5.74) is -0.396. The first kappa shape index (κ1) is 16.0. The molecule has 2 unspecified atom stereocenters. The Kier molecular flexibility index (Phi) is 5.79. The van der Waals surface area contributed by atoms with Crippen molar-refractivity contribution >= 4 is 11.9 Å². The second kappa shape index (κ2) is 6.89. The molecule has 0 aromatic carbocycles. The molecule has 1 N–H and O–H groups in total. The number of hydrogen-bond acceptors (Lipinski definition) is 4. The van der Waals surface area contributed by atoms with Crippen LogP contribution in [0.1, 0.15) is 39.5 Å². The summed E-state index contributed by atoms with van der Waals surface area (Å²) >= 11 is 0. The molecule has 1 fully saturated rings. The molecule has 110 valence electrons. The third-order valence-corrected chi connectivity index (χ3v) is 4.02. The predicted octanol–water partition coefficient (Wildman–Crippen LogP) is 1.18. The van der Waals surface area contributed by atoms with Gasteiger partial charge in [0.2, 0.25) is 5.91 Å². The van der Waals surface area contributed by atoms with Gasteiger partial charge in [0.05, 0.1) is 12.5 Å². The summed E-state index contributed by atoms with van der Waals surface area (Å²) in [5.74, 6) is -0.135. The number of likely N-dealkylation sites (tertiary alicyclic amines) is 1. The Bertz CT molecular complexity index is 333. The van der Waals surface area contributed by atoms with Crippen molar-refractivity contribution < 1.29 is 14.3 Å². The van der Waals surface area contributed by atoms with E-state index in [1.54, 1.807) is 7.05 Å². The standard InChI is InChI=1S/C14H26N2O3/c1-5-6-7-11(12(17)19-4)16-9-8-14(2,10-16)13(18)15-3/h11H,5-10H2,1-4H3,(H,15,18). The third-order valence-electron chi connectivity index (χ3n) is 4.02. The van der Waals surface area contributed by atoms with E-state index in [-0.39, 0.29) is 17.9 Å². The number of unbranched alkanes of at least 4 members (excludes halogenated alkanes) is 1. The number of carbonyl (C=O) groups excluding carboxylic acids is 2. The Balaban J connectivity index is 2.72. The molecule has 5 heteroatoms. The molecular weight excluding hydrogens is 244 g/mol. The van der Waals surface area contributed by atoms with Gasteiger partial charge in [-0.3, -0.25) is 14.5 Å². The lowest BCUT2D eigenvalue weighted by Gasteiger charge is -2.27. The van der Waals surface area contributed by atoms with E-state index < -0.39 is 5.41 Å². The fourth-order valence-corrected chi connectivity index (χ4v) is 2.73. The van der Waals surface area contributed by atoms with Crippen LogP contribution >= 0.6 is 0 Å². The van der Waals surface area contributed by atoms with Crippen LogP contribution in [-0.2, 0) is 14.3 Å². The van der Waals surface area contributed by atoms with E-state index in [1.807, 2.05) is 6.92 Å². The second-order valence-corrected chi connectivity index (χ2v) is 5.54. The lowest BCUT2D eigenvalue weighted by Crippen LogP contribution is -2.44. The zero-order valence-corrected chi connectivity index (χ0v) is 12.5. The Hall–Kier alpha value is -1.10. The highest BCUT2D eigenvalue weighted by Crippen LogP contribution is 2.32. The van der Waals surface area contributed by atoms with E-state index in [4.69, 9.17) is 4.74 Å². The first-order valence-electron chi connectivity index (χ1n) is 7.02. The number of nitrogens with one attached hydrogen (secondary N) is 1. The average molecular weight is 270 g/mol. The topological polar surface area (TPSA) is 58.6 Å². The first-order valence-corrected chi connectivity index (χ1v) is 7.02. The van der Waals surface area contributed by atoms with Gasteiger partial charge >= 0.3 is 5.97 Å². The molecule has 1 aliphatic heterocycles. The molecule has 0 saturated carbocycles. The zero-order chi connectivity index (χ0) is 14.5. The number of ether oxygens (including phenoxy) is 1. The lowest BCUT2D eigenvalue weighted by atomic mass is 9.89. The minimum Gasteiger partial charge on any atom is -0.468 e. The molecule has 1 saturated heterocycles. The molecule has 2 atom stereocenters. The molecule has 1 heterocycles. The molecule has 0 bridgehead atoms. The van der Waals surface area contributed by atoms with E-state index >= 15 is 0 Å². The van der Waals surface area contributed by atoms with E-state index in [0.717, 1.165) is 32.2 Å². The number of hydrogen-bond donors (Lipinski definition) is 1. The number of rotatable bonds is 6. The largest absolute Gasteiger partial charge is 0.468 e. The molecule has 1 amide bonds. The second-order valence-electron chi connectivity index (χ2n) is 5.54. The van der Waals surface area contributed by atoms with Crippen molar-refractivity contribution in [3.63, 3.8) is 0 Å². The normalized spacial score (nSPS) is 25.1. The van der Waals surface area contributed by atoms with Gasteiger partial charge < -0.3 is 10.1 Å². The van der Waals surface area contributed by atoms with Crippen LogP contribution in [-0.4, -0.2) is 50.1 Å². The molecule has 5 nitrogen and oxygen atoms in total. The van der Waals surface area contributed by atoms with Crippen LogP contribution in [0.15, 0.2) is 0 Å². The maximum absolute atomic E-state index is 11.9. The van der Waals surface area contributed by atoms with E-state index in [0.29, 0.717) is 6.54 Å². The molecule has 1 aliphatic rings. The number of nitrogens with zero attached hydrogens (tertiary/aromatic N) is 1. The minimum atomic E-state index is -0.396. The summed E-state index contributed by atoms with van der Waals surface area (Å²) in [4.78, 5) is 25.9. The van der Waals surface area contributed by atoms with Crippen LogP contribution in [0.3, 0.4) is 0 Å². The Morgan fingerprint density at radius 2 is 2.16 bits per heavy atom. The highest BCUT2D eigenvalue weighted by Gasteiger charge is 2.43. The van der Waals surface area contributed by atoms with Gasteiger partial charge in [0.1, 0.15) is 6.04 Å². The molecule has 1 rings (SSSR count). The number of carbonyl (C=O) groups is 2. The quantitative estimate of drug-likeness (QED) is 0.736. The van der Waals surface area contributed by atoms with Crippen LogP contribution in [0, 0.1) is 5.41 Å². The van der Waals surface area contributed by atoms with Gasteiger partial charge in [0, 0.05) is 20.1 Å². The molecule has 0 aromatic rings. The maximum atomic E-state index is 11.9. The fraction of sp³-hybridized carbons (Fsp3) is 0.857. The molecule has 0 aliphatic carbocycles. The Morgan fingerprint density at radius 3 is 2.68 bits per heavy atom. The average Bonchev–Trinajstić information content (AvgIpc) is 2.81. The summed E-state index contributed by atoms with van der Waals surface area (Å²) in [6.07, 6.45) is 3.63. The first-order chi connectivity index (χ1) is 8.98. The van der Waals surface area contributed by atoms with Gasteiger partial charge in [-0.1, -0.05) is 19.8 Å². The van der Waals surface area contributed by atoms with Crippen molar-refractivity contribution in [2.45, 2.75) is 45.6 Å². The van der Waals surface area contributed by atoms with Crippen molar-refractivity contribution in [2.24, 2.45) is 5.41 Å². The zero-order valence-electron chi connectivity index (χ0n) is 12.5. The number of methoxy groups -OCH3 is 1. The molecule has 0 spiro atoms. The van der Waals surface area contributed by atoms with Crippen LogP contribution < -0.4 is 5.32 Å². The van der Waals surface area contributed by atoms with Gasteiger partial charge in [-0.2, -0.15) is 0 Å². The van der Waals surface area contributed by atoms with Gasteiger partial charge in [-0.25, -0.2) is 0 Å². The summed E-state index contributed by atoms with van der Waals surface area (Å²) in [5, 5.41) is 2.71. The van der Waals surface area contributed by atoms with Crippen LogP contribution in [0.5, 0.6) is 0 Å². The summed E-state index contributed by atoms with van der Waals surface area (Å²) in [6, 6.07) is -0.212. The molecule has 0 radical (unpaired) electrons. The van der Waals surface area contributed by atoms with Crippen molar-refractivity contribution in [2.75, 3.05) is 27.2 Å². The number of amides is 1. The van der Waals surface area contributed by atoms with Gasteiger partial charge in [-0.05, 0) is 19.8 Å². The predicted molar refractivity (Wildman–Crippen MR) is 73.7 cm³/mol. The van der Waals surface area contributed by atoms with Gasteiger partial charge in [0.25, 0.3) is 0 Å². The molecule has 0 aromatic heterocycles. The van der Waals surface area contributed by atoms with Crippen LogP contribution in [0.4, 0.5) is 0 Å². The smallest absolute Gasteiger partial charge is 0.323 e. The van der Waals surface area contributed by atoms with Gasteiger partial charge in [-0.15, -0.1) is 0 Å². The van der Waals surface area contributed by atoms with Crippen LogP contribution in [0.2, 0.25) is 0 Å². The molecule has 19 heavy (non-hydrogen) atoms. The van der Waals surface area contributed by atoms with E-state index in [2.05, 4.69) is 17.1 Å². The third kappa shape index (κ3) is 3.69. The summed E-state index contributed by atoms with van der Waals surface area (Å²) in [6.45, 7) is 5.45. The summed E-state index contributed by atoms with van der Waals surface area (Å²) < 4.78 is 4.90. The minimum absolute atomic E-state index is 0.0501. The fourth-order valence-electron chi connectivity index (χ4n) is 2.73. The number of esters is 1. The summed E-state index contributed by atoms with van der Waals surface area (Å²) in [7, 11) is 3.08. The monoisotopic (exact) mass is 270 g/mol. The molecular formula is C14H26N2O3. The maximum Gasteiger partial charge on any atom is 0.323 e. The van der Waals surface area contributed by atoms with Crippen LogP contribution in [0.25, 0.3) is 0 Å². The van der Waals surface area contributed by atoms with Crippen molar-refractivity contribution in [3.8, 4) is 0 Å². The Morgan fingerprint density at radius 1 is 1.47 bits per heavy atom. The van der Waals surface area contributed by atoms with Gasteiger partial charge in [0.15, 0.2) is 0 Å².